The lowest BCUT2D eigenvalue weighted by molar-refractivity contribution is -0.141. The van der Waals surface area contributed by atoms with Gasteiger partial charge in [0, 0.05) is 36.6 Å². The molecule has 9 nitrogen and oxygen atoms in total. The molecule has 11 heteroatoms. The van der Waals surface area contributed by atoms with E-state index in [1.54, 1.807) is 35.2 Å². The van der Waals surface area contributed by atoms with E-state index in [4.69, 9.17) is 21.1 Å². The number of sulfonamides is 1. The molecule has 0 saturated carbocycles. The molecule has 2 aromatic rings. The third-order valence-electron chi connectivity index (χ3n) is 6.05. The molecule has 3 rings (SSSR count). The van der Waals surface area contributed by atoms with Gasteiger partial charge in [0.1, 0.15) is 19.3 Å². The van der Waals surface area contributed by atoms with Gasteiger partial charge >= 0.3 is 0 Å². The third kappa shape index (κ3) is 8.01. The molecule has 1 aliphatic heterocycles. The van der Waals surface area contributed by atoms with Crippen LogP contribution in [0.15, 0.2) is 42.5 Å². The lowest BCUT2D eigenvalue weighted by atomic mass is 10.1. The minimum absolute atomic E-state index is 0.0651. The van der Waals surface area contributed by atoms with Crippen LogP contribution in [0.25, 0.3) is 0 Å². The second kappa shape index (κ2) is 13.2. The van der Waals surface area contributed by atoms with Crippen molar-refractivity contribution < 1.29 is 27.5 Å². The Balaban J connectivity index is 1.76. The van der Waals surface area contributed by atoms with Crippen molar-refractivity contribution in [3.63, 3.8) is 0 Å². The molecule has 1 N–H and O–H groups in total. The van der Waals surface area contributed by atoms with Crippen LogP contribution < -0.4 is 19.1 Å². The Morgan fingerprint density at radius 1 is 1.05 bits per heavy atom. The molecule has 0 aromatic heterocycles. The van der Waals surface area contributed by atoms with E-state index in [-0.39, 0.29) is 43.8 Å². The van der Waals surface area contributed by atoms with Crippen molar-refractivity contribution in [1.29, 1.82) is 0 Å². The Kier molecular flexibility index (Phi) is 10.3. The maximum Gasteiger partial charge on any atom is 0.243 e. The number of nitrogens with one attached hydrogen (secondary N) is 1. The van der Waals surface area contributed by atoms with Crippen LogP contribution in [0, 0.1) is 0 Å². The maximum absolute atomic E-state index is 13.5. The fraction of sp³-hybridized carbons (Fsp3) is 0.481. The van der Waals surface area contributed by atoms with E-state index in [0.717, 1.165) is 11.8 Å². The summed E-state index contributed by atoms with van der Waals surface area (Å²) in [5.74, 6) is 0.585. The smallest absolute Gasteiger partial charge is 0.243 e. The first-order valence-electron chi connectivity index (χ1n) is 12.7. The quantitative estimate of drug-likeness (QED) is 0.417. The summed E-state index contributed by atoms with van der Waals surface area (Å²) in [5, 5.41) is 3.48. The number of amides is 2. The van der Waals surface area contributed by atoms with E-state index < -0.39 is 16.1 Å². The fourth-order valence-corrected chi connectivity index (χ4v) is 5.36. The Morgan fingerprint density at radius 2 is 1.71 bits per heavy atom. The first kappa shape index (κ1) is 29.6. The Hall–Kier alpha value is -2.98. The van der Waals surface area contributed by atoms with Crippen LogP contribution in [-0.4, -0.2) is 63.2 Å². The molecule has 1 aliphatic rings. The van der Waals surface area contributed by atoms with Gasteiger partial charge < -0.3 is 19.7 Å². The number of hydrogen-bond acceptors (Lipinski definition) is 6. The lowest BCUT2D eigenvalue weighted by Gasteiger charge is -2.31. The monoisotopic (exact) mass is 565 g/mol. The van der Waals surface area contributed by atoms with Crippen LogP contribution >= 0.6 is 11.6 Å². The highest BCUT2D eigenvalue weighted by Gasteiger charge is 2.29. The standard InChI is InChI=1S/C27H36ClN3O6S/c1-5-23(27(33)29-19(2)3)30(18-20-8-10-21(28)11-9-20)26(32)7-6-14-31(38(4,34)35)22-12-13-24-25(17-22)37-16-15-36-24/h8-13,17,19,23H,5-7,14-16,18H2,1-4H3,(H,29,33)/t23-/m1/s1. The number of ether oxygens (including phenoxy) is 2. The topological polar surface area (TPSA) is 105 Å². The molecule has 0 fully saturated rings. The number of hydrogen-bond donors (Lipinski definition) is 1. The van der Waals surface area contributed by atoms with Gasteiger partial charge in [-0.3, -0.25) is 13.9 Å². The number of halogens is 1. The van der Waals surface area contributed by atoms with Gasteiger partial charge in [0.15, 0.2) is 11.5 Å². The summed E-state index contributed by atoms with van der Waals surface area (Å²) in [7, 11) is -3.63. The van der Waals surface area contributed by atoms with Crippen molar-refractivity contribution in [3.8, 4) is 11.5 Å². The summed E-state index contributed by atoms with van der Waals surface area (Å²) in [6.07, 6.45) is 1.89. The highest BCUT2D eigenvalue weighted by atomic mass is 35.5. The lowest BCUT2D eigenvalue weighted by Crippen LogP contribution is -2.50. The van der Waals surface area contributed by atoms with E-state index in [1.165, 1.54) is 4.31 Å². The summed E-state index contributed by atoms with van der Waals surface area (Å²) in [5.41, 5.74) is 1.28. The Labute approximate surface area is 230 Å². The molecule has 38 heavy (non-hydrogen) atoms. The molecule has 0 bridgehead atoms. The SMILES string of the molecule is CC[C@H](C(=O)NC(C)C)N(Cc1ccc(Cl)cc1)C(=O)CCCN(c1ccc2c(c1)OCCO2)S(C)(=O)=O. The molecule has 208 valence electrons. The fourth-order valence-electron chi connectivity index (χ4n) is 4.28. The number of benzene rings is 2. The Bertz CT molecular complexity index is 1220. The van der Waals surface area contributed by atoms with E-state index in [0.29, 0.717) is 41.8 Å². The molecular weight excluding hydrogens is 530 g/mol. The largest absolute Gasteiger partial charge is 0.486 e. The Morgan fingerprint density at radius 3 is 2.32 bits per heavy atom. The molecule has 0 saturated heterocycles. The predicted octanol–water partition coefficient (Wildman–Crippen LogP) is 3.99. The summed E-state index contributed by atoms with van der Waals surface area (Å²) < 4.78 is 37.6. The zero-order valence-corrected chi connectivity index (χ0v) is 23.8. The molecule has 0 spiro atoms. The zero-order chi connectivity index (χ0) is 27.9. The van der Waals surface area contributed by atoms with Gasteiger partial charge in [0.2, 0.25) is 21.8 Å². The maximum atomic E-state index is 13.5. The highest BCUT2D eigenvalue weighted by molar-refractivity contribution is 7.92. The average Bonchev–Trinajstić information content (AvgIpc) is 2.86. The number of fused-ring (bicyclic) bond motifs is 1. The van der Waals surface area contributed by atoms with Gasteiger partial charge in [-0.1, -0.05) is 30.7 Å². The average molecular weight is 566 g/mol. The third-order valence-corrected chi connectivity index (χ3v) is 7.49. The molecule has 0 radical (unpaired) electrons. The number of rotatable bonds is 12. The first-order valence-corrected chi connectivity index (χ1v) is 14.9. The van der Waals surface area contributed by atoms with E-state index in [2.05, 4.69) is 5.32 Å². The zero-order valence-electron chi connectivity index (χ0n) is 22.3. The van der Waals surface area contributed by atoms with Gasteiger partial charge in [0.05, 0.1) is 11.9 Å². The minimum Gasteiger partial charge on any atom is -0.486 e. The van der Waals surface area contributed by atoms with Crippen LogP contribution in [0.3, 0.4) is 0 Å². The van der Waals surface area contributed by atoms with Crippen molar-refractivity contribution in [1.82, 2.24) is 10.2 Å². The van der Waals surface area contributed by atoms with Crippen molar-refractivity contribution in [2.45, 2.75) is 58.7 Å². The summed E-state index contributed by atoms with van der Waals surface area (Å²) in [4.78, 5) is 28.0. The van der Waals surface area contributed by atoms with Crippen LogP contribution in [0.2, 0.25) is 5.02 Å². The van der Waals surface area contributed by atoms with Gasteiger partial charge in [-0.2, -0.15) is 0 Å². The van der Waals surface area contributed by atoms with Crippen molar-refractivity contribution in [2.75, 3.05) is 30.3 Å². The van der Waals surface area contributed by atoms with Crippen LogP contribution in [0.4, 0.5) is 5.69 Å². The van der Waals surface area contributed by atoms with Gasteiger partial charge in [-0.25, -0.2) is 8.42 Å². The van der Waals surface area contributed by atoms with Gasteiger partial charge in [-0.05, 0) is 56.5 Å². The first-order chi connectivity index (χ1) is 18.0. The molecule has 2 amide bonds. The van der Waals surface area contributed by atoms with Gasteiger partial charge in [0.25, 0.3) is 0 Å². The van der Waals surface area contributed by atoms with E-state index >= 15 is 0 Å². The normalized spacial score (nSPS) is 13.6. The summed E-state index contributed by atoms with van der Waals surface area (Å²) >= 11 is 6.02. The number of carbonyl (C=O) groups is 2. The molecule has 0 unspecified atom stereocenters. The second-order valence-corrected chi connectivity index (χ2v) is 11.8. The molecule has 1 atom stereocenters. The highest BCUT2D eigenvalue weighted by Crippen LogP contribution is 2.34. The van der Waals surface area contributed by atoms with Crippen molar-refractivity contribution in [2.24, 2.45) is 0 Å². The van der Waals surface area contributed by atoms with Crippen LogP contribution in [0.5, 0.6) is 11.5 Å². The molecule has 0 aliphatic carbocycles. The van der Waals surface area contributed by atoms with Crippen LogP contribution in [0.1, 0.15) is 45.6 Å². The number of nitrogens with zero attached hydrogens (tertiary/aromatic N) is 2. The van der Waals surface area contributed by atoms with E-state index in [1.807, 2.05) is 32.9 Å². The number of anilines is 1. The van der Waals surface area contributed by atoms with Crippen molar-refractivity contribution >= 4 is 39.1 Å². The van der Waals surface area contributed by atoms with Crippen LogP contribution in [-0.2, 0) is 26.2 Å². The van der Waals surface area contributed by atoms with E-state index in [9.17, 15) is 18.0 Å². The summed E-state index contributed by atoms with van der Waals surface area (Å²) in [6.45, 7) is 6.74. The molecular formula is C27H36ClN3O6S. The molecule has 2 aromatic carbocycles. The second-order valence-electron chi connectivity index (χ2n) is 9.50. The summed E-state index contributed by atoms with van der Waals surface area (Å²) in [6, 6.07) is 11.4. The number of carbonyl (C=O) groups excluding carboxylic acids is 2. The van der Waals surface area contributed by atoms with Crippen molar-refractivity contribution in [3.05, 3.63) is 53.1 Å². The van der Waals surface area contributed by atoms with Gasteiger partial charge in [-0.15, -0.1) is 0 Å². The molecule has 1 heterocycles. The minimum atomic E-state index is -3.63. The predicted molar refractivity (Wildman–Crippen MR) is 148 cm³/mol.